The van der Waals surface area contributed by atoms with Crippen molar-refractivity contribution in [2.24, 2.45) is 0 Å². The highest BCUT2D eigenvalue weighted by atomic mass is 16.7. The van der Waals surface area contributed by atoms with Crippen LogP contribution in [-0.4, -0.2) is 39.1 Å². The zero-order valence-corrected chi connectivity index (χ0v) is 21.6. The summed E-state index contributed by atoms with van der Waals surface area (Å²) < 4.78 is 33.1. The van der Waals surface area contributed by atoms with Crippen molar-refractivity contribution in [2.45, 2.75) is 18.9 Å². The highest BCUT2D eigenvalue weighted by Gasteiger charge is 2.35. The molecule has 0 saturated carbocycles. The van der Waals surface area contributed by atoms with Crippen LogP contribution in [0.2, 0.25) is 0 Å². The van der Waals surface area contributed by atoms with Gasteiger partial charge in [0.1, 0.15) is 17.1 Å². The third-order valence-electron chi connectivity index (χ3n) is 6.60. The number of benzene rings is 3. The first-order valence-electron chi connectivity index (χ1n) is 12.1. The van der Waals surface area contributed by atoms with Crippen molar-refractivity contribution in [1.29, 1.82) is 0 Å². The minimum atomic E-state index is -0.986. The third-order valence-corrected chi connectivity index (χ3v) is 6.60. The van der Waals surface area contributed by atoms with E-state index in [0.29, 0.717) is 28.2 Å². The zero-order chi connectivity index (χ0) is 27.5. The molecular formula is C29H27NO9. The Morgan fingerprint density at radius 1 is 1.00 bits per heavy atom. The van der Waals surface area contributed by atoms with Crippen LogP contribution < -0.4 is 34.6 Å². The molecule has 2 heterocycles. The molecular weight excluding hydrogens is 506 g/mol. The molecule has 3 aromatic carbocycles. The minimum Gasteiger partial charge on any atom is -0.507 e. The molecule has 10 nitrogen and oxygen atoms in total. The van der Waals surface area contributed by atoms with Crippen molar-refractivity contribution in [3.63, 3.8) is 0 Å². The van der Waals surface area contributed by atoms with Gasteiger partial charge < -0.3 is 38.5 Å². The number of para-hydroxylation sites is 1. The second-order valence-electron chi connectivity index (χ2n) is 8.80. The number of amides is 1. The molecule has 4 aromatic rings. The Morgan fingerprint density at radius 2 is 1.74 bits per heavy atom. The largest absolute Gasteiger partial charge is 0.507 e. The number of carbonyl (C=O) groups is 1. The normalized spacial score (nSPS) is 12.7. The summed E-state index contributed by atoms with van der Waals surface area (Å²) in [6, 6.07) is 15.5. The number of aromatic hydroxyl groups is 1. The summed E-state index contributed by atoms with van der Waals surface area (Å²) in [5.41, 5.74) is 0.597. The molecule has 0 spiro atoms. The van der Waals surface area contributed by atoms with Crippen LogP contribution in [0.3, 0.4) is 0 Å². The van der Waals surface area contributed by atoms with Gasteiger partial charge in [-0.1, -0.05) is 24.3 Å². The monoisotopic (exact) mass is 533 g/mol. The van der Waals surface area contributed by atoms with Crippen molar-refractivity contribution in [3.8, 4) is 34.5 Å². The van der Waals surface area contributed by atoms with Crippen molar-refractivity contribution in [2.75, 3.05) is 28.1 Å². The molecule has 0 saturated heterocycles. The maximum atomic E-state index is 13.3. The van der Waals surface area contributed by atoms with Gasteiger partial charge in [-0.05, 0) is 35.9 Å². The van der Waals surface area contributed by atoms with E-state index in [0.717, 1.165) is 5.56 Å². The van der Waals surface area contributed by atoms with E-state index in [1.807, 2.05) is 12.1 Å². The van der Waals surface area contributed by atoms with Gasteiger partial charge in [-0.25, -0.2) is 4.79 Å². The fourth-order valence-electron chi connectivity index (χ4n) is 4.68. The molecule has 202 valence electrons. The first-order chi connectivity index (χ1) is 18.9. The Morgan fingerprint density at radius 3 is 2.46 bits per heavy atom. The Labute approximate surface area is 223 Å². The van der Waals surface area contributed by atoms with Crippen LogP contribution in [0.25, 0.3) is 11.0 Å². The Hall–Kier alpha value is -4.86. The number of carbonyl (C=O) groups excluding carboxylic acids is 1. The van der Waals surface area contributed by atoms with Crippen molar-refractivity contribution in [3.05, 3.63) is 81.7 Å². The van der Waals surface area contributed by atoms with Gasteiger partial charge in [0.15, 0.2) is 11.5 Å². The fourth-order valence-corrected chi connectivity index (χ4v) is 4.68. The number of hydrogen-bond donors (Lipinski definition) is 2. The number of rotatable bonds is 9. The van der Waals surface area contributed by atoms with E-state index in [9.17, 15) is 14.7 Å². The third kappa shape index (κ3) is 4.88. The topological polar surface area (TPSA) is 126 Å². The lowest BCUT2D eigenvalue weighted by Crippen LogP contribution is -2.27. The molecule has 1 amide bonds. The summed E-state index contributed by atoms with van der Waals surface area (Å²) in [6.45, 7) is 0.192. The van der Waals surface area contributed by atoms with Gasteiger partial charge in [0.25, 0.3) is 0 Å². The zero-order valence-electron chi connectivity index (χ0n) is 21.6. The lowest BCUT2D eigenvalue weighted by molar-refractivity contribution is -0.121. The smallest absolute Gasteiger partial charge is 0.343 e. The van der Waals surface area contributed by atoms with Crippen LogP contribution in [0.1, 0.15) is 29.0 Å². The number of ether oxygens (including phenoxy) is 5. The highest BCUT2D eigenvalue weighted by molar-refractivity contribution is 5.85. The van der Waals surface area contributed by atoms with Gasteiger partial charge in [-0.3, -0.25) is 4.79 Å². The van der Waals surface area contributed by atoms with Crippen LogP contribution in [0.15, 0.2) is 63.8 Å². The molecule has 5 rings (SSSR count). The van der Waals surface area contributed by atoms with Gasteiger partial charge in [0.05, 0.1) is 32.3 Å². The van der Waals surface area contributed by atoms with E-state index in [2.05, 4.69) is 5.32 Å². The van der Waals surface area contributed by atoms with Crippen LogP contribution in [0.4, 0.5) is 0 Å². The van der Waals surface area contributed by atoms with Gasteiger partial charge >= 0.3 is 5.63 Å². The van der Waals surface area contributed by atoms with Crippen LogP contribution >= 0.6 is 0 Å². The molecule has 1 unspecified atom stereocenters. The fraction of sp³-hybridized carbons (Fsp3) is 0.241. The van der Waals surface area contributed by atoms with Gasteiger partial charge in [-0.2, -0.15) is 0 Å². The number of fused-ring (bicyclic) bond motifs is 2. The quantitative estimate of drug-likeness (QED) is 0.306. The van der Waals surface area contributed by atoms with E-state index >= 15 is 0 Å². The summed E-state index contributed by atoms with van der Waals surface area (Å²) >= 11 is 0. The predicted molar refractivity (Wildman–Crippen MR) is 141 cm³/mol. The van der Waals surface area contributed by atoms with Crippen molar-refractivity contribution >= 4 is 16.9 Å². The molecule has 2 N–H and O–H groups in total. The summed E-state index contributed by atoms with van der Waals surface area (Å²) in [4.78, 5) is 26.6. The van der Waals surface area contributed by atoms with Gasteiger partial charge in [0, 0.05) is 24.4 Å². The Balaban J connectivity index is 1.59. The van der Waals surface area contributed by atoms with E-state index in [4.69, 9.17) is 28.1 Å². The Bertz CT molecular complexity index is 1580. The molecule has 1 aliphatic rings. The van der Waals surface area contributed by atoms with E-state index in [1.54, 1.807) is 49.6 Å². The van der Waals surface area contributed by atoms with Crippen LogP contribution in [0.5, 0.6) is 34.5 Å². The standard InChI is InChI=1S/C29H27NO9/c1-34-17-10-8-16(9-11-17)14-30-23(31)13-19(24-25(32)18-6-4-5-7-21(18)39-29(24)33)20-12-22(35-2)27-28(26(20)36-3)38-15-37-27/h4-12,19,32H,13-15H2,1-3H3,(H,30,31). The number of hydrogen-bond acceptors (Lipinski definition) is 9. The van der Waals surface area contributed by atoms with Gasteiger partial charge in [-0.15, -0.1) is 0 Å². The maximum Gasteiger partial charge on any atom is 0.343 e. The lowest BCUT2D eigenvalue weighted by atomic mass is 9.86. The molecule has 1 aliphatic heterocycles. The maximum absolute atomic E-state index is 13.3. The van der Waals surface area contributed by atoms with Crippen molar-refractivity contribution < 1.29 is 38.0 Å². The molecule has 0 aliphatic carbocycles. The van der Waals surface area contributed by atoms with Crippen LogP contribution in [-0.2, 0) is 11.3 Å². The first kappa shape index (κ1) is 25.8. The summed E-state index contributed by atoms with van der Waals surface area (Å²) in [7, 11) is 4.48. The summed E-state index contributed by atoms with van der Waals surface area (Å²) in [5, 5.41) is 14.5. The molecule has 1 aromatic heterocycles. The average Bonchev–Trinajstić information content (AvgIpc) is 3.45. The van der Waals surface area contributed by atoms with Crippen molar-refractivity contribution in [1.82, 2.24) is 5.32 Å². The van der Waals surface area contributed by atoms with Gasteiger partial charge in [0.2, 0.25) is 24.2 Å². The molecule has 1 atom stereocenters. The van der Waals surface area contributed by atoms with E-state index in [1.165, 1.54) is 14.2 Å². The SMILES string of the molecule is COc1ccc(CNC(=O)CC(c2cc(OC)c3c(c2OC)OCO3)c2c(O)c3ccccc3oc2=O)cc1. The lowest BCUT2D eigenvalue weighted by Gasteiger charge is -2.22. The first-order valence-corrected chi connectivity index (χ1v) is 12.1. The molecule has 39 heavy (non-hydrogen) atoms. The van der Waals surface area contributed by atoms with E-state index < -0.39 is 11.5 Å². The predicted octanol–water partition coefficient (Wildman–Crippen LogP) is 4.09. The second-order valence-corrected chi connectivity index (χ2v) is 8.80. The Kier molecular flexibility index (Phi) is 7.18. The highest BCUT2D eigenvalue weighted by Crippen LogP contribution is 2.53. The summed E-state index contributed by atoms with van der Waals surface area (Å²) in [6.07, 6.45) is -0.216. The van der Waals surface area contributed by atoms with E-state index in [-0.39, 0.29) is 54.1 Å². The molecule has 0 bridgehead atoms. The number of nitrogens with one attached hydrogen (secondary N) is 1. The summed E-state index contributed by atoms with van der Waals surface area (Å²) in [5.74, 6) is 0.257. The van der Waals surface area contributed by atoms with Crippen LogP contribution in [0, 0.1) is 0 Å². The number of methoxy groups -OCH3 is 3. The minimum absolute atomic E-state index is 0.0537. The molecule has 0 radical (unpaired) electrons. The average molecular weight is 534 g/mol. The molecule has 0 fully saturated rings. The second kappa shape index (κ2) is 10.9. The molecule has 10 heteroatoms.